The minimum absolute atomic E-state index is 0.173. The molecule has 3 aromatic heterocycles. The number of aromatic amines is 1. The molecule has 5 rings (SSSR count). The molecule has 2 aromatic carbocycles. The van der Waals surface area contributed by atoms with E-state index in [0.29, 0.717) is 18.8 Å². The number of aryl methyl sites for hydroxylation is 2. The molecule has 170 valence electrons. The van der Waals surface area contributed by atoms with Crippen molar-refractivity contribution < 1.29 is 4.79 Å². The van der Waals surface area contributed by atoms with E-state index in [9.17, 15) is 4.79 Å². The second kappa shape index (κ2) is 9.06. The van der Waals surface area contributed by atoms with Gasteiger partial charge in [0.25, 0.3) is 0 Å². The van der Waals surface area contributed by atoms with Crippen LogP contribution >= 0.6 is 0 Å². The smallest absolute Gasteiger partial charge is 0.163 e. The molecule has 0 spiro atoms. The third-order valence-corrected chi connectivity index (χ3v) is 6.21. The minimum Gasteiger partial charge on any atom is -0.339 e. The van der Waals surface area contributed by atoms with Crippen LogP contribution in [0.15, 0.2) is 73.3 Å². The Kier molecular flexibility index (Phi) is 5.80. The molecule has 1 N–H and O–H groups in total. The highest BCUT2D eigenvalue weighted by Crippen LogP contribution is 2.30. The maximum atomic E-state index is 12.6. The number of H-pyrrole nitrogens is 1. The quantitative estimate of drug-likeness (QED) is 0.311. The zero-order valence-electron chi connectivity index (χ0n) is 19.6. The molecule has 0 saturated carbocycles. The Labute approximate surface area is 198 Å². The first kappa shape index (κ1) is 21.8. The maximum absolute atomic E-state index is 12.6. The Hall–Kier alpha value is -4.06. The van der Waals surface area contributed by atoms with E-state index in [4.69, 9.17) is 0 Å². The number of Topliss-reactive ketones (excluding diaryl/α,β-unsaturated/α-hetero) is 1. The molecule has 3 heterocycles. The van der Waals surface area contributed by atoms with Crippen LogP contribution < -0.4 is 0 Å². The summed E-state index contributed by atoms with van der Waals surface area (Å²) in [6.45, 7) is 4.31. The number of rotatable bonds is 7. The van der Waals surface area contributed by atoms with Crippen molar-refractivity contribution in [2.45, 2.75) is 32.6 Å². The molecule has 0 aliphatic rings. The van der Waals surface area contributed by atoms with Gasteiger partial charge in [0, 0.05) is 41.7 Å². The van der Waals surface area contributed by atoms with Gasteiger partial charge in [-0.25, -0.2) is 9.97 Å². The number of aromatic nitrogens is 5. The molecular formula is C28H27N5O. The highest BCUT2D eigenvalue weighted by molar-refractivity contribution is 5.96. The average molecular weight is 450 g/mol. The van der Waals surface area contributed by atoms with E-state index in [0.717, 1.165) is 44.7 Å². The molecule has 6 heteroatoms. The number of hydrogen-bond donors (Lipinski definition) is 1. The zero-order valence-corrected chi connectivity index (χ0v) is 19.6. The molecule has 0 unspecified atom stereocenters. The van der Waals surface area contributed by atoms with Gasteiger partial charge >= 0.3 is 0 Å². The summed E-state index contributed by atoms with van der Waals surface area (Å²) >= 11 is 0. The lowest BCUT2D eigenvalue weighted by Crippen LogP contribution is -2.01. The second-order valence-corrected chi connectivity index (χ2v) is 8.97. The first-order valence-corrected chi connectivity index (χ1v) is 11.5. The highest BCUT2D eigenvalue weighted by Gasteiger charge is 2.13. The van der Waals surface area contributed by atoms with Crippen molar-refractivity contribution in [3.63, 3.8) is 0 Å². The lowest BCUT2D eigenvalue weighted by Gasteiger charge is -2.07. The van der Waals surface area contributed by atoms with Crippen LogP contribution in [0.1, 0.15) is 47.7 Å². The van der Waals surface area contributed by atoms with Gasteiger partial charge in [-0.15, -0.1) is 0 Å². The molecule has 0 bridgehead atoms. The van der Waals surface area contributed by atoms with E-state index in [1.807, 2.05) is 31.6 Å². The van der Waals surface area contributed by atoms with Crippen molar-refractivity contribution in [3.8, 4) is 22.5 Å². The van der Waals surface area contributed by atoms with Crippen LogP contribution in [0.4, 0.5) is 0 Å². The number of carbonyl (C=O) groups excluding carboxylic acids is 1. The molecule has 0 fully saturated rings. The molecular weight excluding hydrogens is 422 g/mol. The number of hydrogen-bond acceptors (Lipinski definition) is 4. The van der Waals surface area contributed by atoms with Crippen LogP contribution in [0.3, 0.4) is 0 Å². The summed E-state index contributed by atoms with van der Waals surface area (Å²) in [5.41, 5.74) is 7.81. The first-order chi connectivity index (χ1) is 16.5. The molecule has 0 aliphatic carbocycles. The molecule has 0 radical (unpaired) electrons. The number of benzene rings is 2. The predicted molar refractivity (Wildman–Crippen MR) is 135 cm³/mol. The summed E-state index contributed by atoms with van der Waals surface area (Å²) in [5.74, 6) is 0.638. The van der Waals surface area contributed by atoms with E-state index in [2.05, 4.69) is 76.4 Å². The summed E-state index contributed by atoms with van der Waals surface area (Å²) in [4.78, 5) is 24.9. The topological polar surface area (TPSA) is 76.5 Å². The Bertz CT molecular complexity index is 1440. The largest absolute Gasteiger partial charge is 0.339 e. The van der Waals surface area contributed by atoms with Gasteiger partial charge in [-0.05, 0) is 29.5 Å². The van der Waals surface area contributed by atoms with Gasteiger partial charge in [-0.1, -0.05) is 62.4 Å². The van der Waals surface area contributed by atoms with Crippen LogP contribution in [0.25, 0.3) is 33.5 Å². The average Bonchev–Trinajstić information content (AvgIpc) is 3.49. The molecule has 34 heavy (non-hydrogen) atoms. The standard InChI is InChI=1S/C28H27N5O/c1-18(2)20-9-11-21(12-10-20)26(34)13-6-19-4-7-22(8-5-19)27-24-14-25(23-15-31-33(3)16-23)32-28(24)30-17-29-27/h4-5,7-12,14-18H,6,13H2,1-3H3,(H,29,30,32). The third-order valence-electron chi connectivity index (χ3n) is 6.21. The van der Waals surface area contributed by atoms with Crippen molar-refractivity contribution in [1.29, 1.82) is 0 Å². The fourth-order valence-electron chi connectivity index (χ4n) is 4.17. The Morgan fingerprint density at radius 1 is 1.00 bits per heavy atom. The number of ketones is 1. The third kappa shape index (κ3) is 4.39. The van der Waals surface area contributed by atoms with E-state index in [1.165, 1.54) is 5.56 Å². The summed E-state index contributed by atoms with van der Waals surface area (Å²) in [6, 6.07) is 18.3. The van der Waals surface area contributed by atoms with Crippen molar-refractivity contribution >= 4 is 16.8 Å². The molecule has 0 saturated heterocycles. The van der Waals surface area contributed by atoms with Gasteiger partial charge in [0.1, 0.15) is 12.0 Å². The van der Waals surface area contributed by atoms with Crippen molar-refractivity contribution in [1.82, 2.24) is 24.7 Å². The van der Waals surface area contributed by atoms with Crippen LogP contribution in [-0.2, 0) is 13.5 Å². The highest BCUT2D eigenvalue weighted by atomic mass is 16.1. The maximum Gasteiger partial charge on any atom is 0.163 e. The van der Waals surface area contributed by atoms with Crippen molar-refractivity contribution in [3.05, 3.63) is 90.0 Å². The second-order valence-electron chi connectivity index (χ2n) is 8.97. The van der Waals surface area contributed by atoms with Gasteiger partial charge in [-0.3, -0.25) is 9.48 Å². The van der Waals surface area contributed by atoms with Gasteiger partial charge in [0.2, 0.25) is 0 Å². The lowest BCUT2D eigenvalue weighted by atomic mass is 9.98. The first-order valence-electron chi connectivity index (χ1n) is 11.5. The minimum atomic E-state index is 0.173. The molecule has 0 aliphatic heterocycles. The monoisotopic (exact) mass is 449 g/mol. The number of nitrogens with one attached hydrogen (secondary N) is 1. The lowest BCUT2D eigenvalue weighted by molar-refractivity contribution is 0.0983. The van der Waals surface area contributed by atoms with Crippen LogP contribution in [-0.4, -0.2) is 30.5 Å². The Balaban J connectivity index is 1.31. The number of fused-ring (bicyclic) bond motifs is 1. The molecule has 0 amide bonds. The fourth-order valence-corrected chi connectivity index (χ4v) is 4.17. The van der Waals surface area contributed by atoms with Crippen LogP contribution in [0, 0.1) is 0 Å². The number of nitrogens with zero attached hydrogens (tertiary/aromatic N) is 4. The normalized spacial score (nSPS) is 11.4. The van der Waals surface area contributed by atoms with Gasteiger partial charge < -0.3 is 4.98 Å². The van der Waals surface area contributed by atoms with E-state index in [1.54, 1.807) is 11.0 Å². The van der Waals surface area contributed by atoms with Crippen LogP contribution in [0.2, 0.25) is 0 Å². The SMILES string of the molecule is CC(C)c1ccc(C(=O)CCc2ccc(-c3ncnc4[nH]c(-c5cnn(C)c5)cc34)cc2)cc1. The van der Waals surface area contributed by atoms with Crippen molar-refractivity contribution in [2.75, 3.05) is 0 Å². The summed E-state index contributed by atoms with van der Waals surface area (Å²) in [6.07, 6.45) is 6.57. The summed E-state index contributed by atoms with van der Waals surface area (Å²) in [5, 5.41) is 5.22. The van der Waals surface area contributed by atoms with E-state index >= 15 is 0 Å². The van der Waals surface area contributed by atoms with Gasteiger partial charge in [0.05, 0.1) is 17.6 Å². The summed E-state index contributed by atoms with van der Waals surface area (Å²) < 4.78 is 1.78. The number of carbonyl (C=O) groups is 1. The summed E-state index contributed by atoms with van der Waals surface area (Å²) in [7, 11) is 1.90. The Morgan fingerprint density at radius 2 is 1.76 bits per heavy atom. The van der Waals surface area contributed by atoms with E-state index in [-0.39, 0.29) is 5.78 Å². The van der Waals surface area contributed by atoms with Crippen LogP contribution in [0.5, 0.6) is 0 Å². The predicted octanol–water partition coefficient (Wildman–Crippen LogP) is 5.96. The van der Waals surface area contributed by atoms with Crippen molar-refractivity contribution in [2.24, 2.45) is 7.05 Å². The molecule has 5 aromatic rings. The van der Waals surface area contributed by atoms with Gasteiger partial charge in [-0.2, -0.15) is 5.10 Å². The van der Waals surface area contributed by atoms with E-state index < -0.39 is 0 Å². The fraction of sp³-hybridized carbons (Fsp3) is 0.214. The Morgan fingerprint density at radius 3 is 2.44 bits per heavy atom. The zero-order chi connectivity index (χ0) is 23.7. The molecule has 6 nitrogen and oxygen atoms in total. The molecule has 0 atom stereocenters. The van der Waals surface area contributed by atoms with Gasteiger partial charge in [0.15, 0.2) is 5.78 Å².